The van der Waals surface area contributed by atoms with Gasteiger partial charge in [-0.15, -0.1) is 10.2 Å². The first-order valence-electron chi connectivity index (χ1n) is 6.59. The van der Waals surface area contributed by atoms with Crippen molar-refractivity contribution in [3.63, 3.8) is 0 Å². The number of aromatic nitrogens is 2. The quantitative estimate of drug-likeness (QED) is 0.483. The normalized spacial score (nSPS) is 10.8. The number of halogens is 1. The minimum absolute atomic E-state index is 0.287. The van der Waals surface area contributed by atoms with Crippen LogP contribution in [0.3, 0.4) is 0 Å². The van der Waals surface area contributed by atoms with Crippen molar-refractivity contribution >= 4 is 17.0 Å². The molecule has 0 saturated carbocycles. The number of rotatable bonds is 7. The minimum atomic E-state index is -0.638. The molecule has 2 rings (SSSR count). The molecule has 112 valence electrons. The first-order chi connectivity index (χ1) is 10.1. The summed E-state index contributed by atoms with van der Waals surface area (Å²) >= 11 is 1.30. The van der Waals surface area contributed by atoms with Crippen LogP contribution in [0.5, 0.6) is 0 Å². The van der Waals surface area contributed by atoms with E-state index in [2.05, 4.69) is 15.5 Å². The van der Waals surface area contributed by atoms with Crippen molar-refractivity contribution in [3.05, 3.63) is 39.1 Å². The van der Waals surface area contributed by atoms with Gasteiger partial charge in [0.25, 0.3) is 5.69 Å². The van der Waals surface area contributed by atoms with Gasteiger partial charge in [0.1, 0.15) is 10.8 Å². The zero-order valence-corrected chi connectivity index (χ0v) is 12.3. The number of nitrogens with one attached hydrogen (secondary N) is 1. The number of nitro benzene ring substituents is 1. The fraction of sp³-hybridized carbons (Fsp3) is 0.385. The van der Waals surface area contributed by atoms with E-state index < -0.39 is 10.7 Å². The van der Waals surface area contributed by atoms with Crippen LogP contribution in [0.1, 0.15) is 18.4 Å². The summed E-state index contributed by atoms with van der Waals surface area (Å²) < 4.78 is 13.1. The second kappa shape index (κ2) is 7.19. The van der Waals surface area contributed by atoms with Crippen LogP contribution in [0.2, 0.25) is 0 Å². The molecule has 1 aromatic heterocycles. The van der Waals surface area contributed by atoms with Gasteiger partial charge in [0.15, 0.2) is 5.01 Å². The van der Waals surface area contributed by atoms with Crippen LogP contribution in [0.15, 0.2) is 18.2 Å². The first-order valence-corrected chi connectivity index (χ1v) is 7.41. The van der Waals surface area contributed by atoms with Crippen molar-refractivity contribution in [2.24, 2.45) is 0 Å². The number of nitrogens with zero attached hydrogens (tertiary/aromatic N) is 3. The average Bonchev–Trinajstić information content (AvgIpc) is 2.92. The number of benzene rings is 1. The van der Waals surface area contributed by atoms with E-state index >= 15 is 0 Å². The Bertz CT molecular complexity index is 632. The molecular formula is C13H15FN4O2S. The molecule has 0 saturated heterocycles. The summed E-state index contributed by atoms with van der Waals surface area (Å²) in [6.07, 6.45) is 1.69. The summed E-state index contributed by atoms with van der Waals surface area (Å²) in [5.41, 5.74) is 0.0159. The van der Waals surface area contributed by atoms with Crippen LogP contribution in [0.25, 0.3) is 10.6 Å². The lowest BCUT2D eigenvalue weighted by atomic mass is 10.2. The Hall–Kier alpha value is -1.93. The van der Waals surface area contributed by atoms with Crippen LogP contribution in [-0.2, 0) is 6.42 Å². The number of aryl methyl sites for hydroxylation is 1. The molecule has 0 aliphatic carbocycles. The summed E-state index contributed by atoms with van der Waals surface area (Å²) in [7, 11) is 0. The SMILES string of the molecule is CCNCCCc1nnc(-c2ccc(F)cc2[N+](=O)[O-])s1. The van der Waals surface area contributed by atoms with Crippen molar-refractivity contribution in [2.75, 3.05) is 13.1 Å². The molecule has 0 spiro atoms. The zero-order valence-electron chi connectivity index (χ0n) is 11.5. The Kier molecular flexibility index (Phi) is 5.29. The van der Waals surface area contributed by atoms with Gasteiger partial charge in [-0.25, -0.2) is 4.39 Å². The van der Waals surface area contributed by atoms with Crippen molar-refractivity contribution in [1.82, 2.24) is 15.5 Å². The molecule has 1 N–H and O–H groups in total. The smallest absolute Gasteiger partial charge is 0.282 e. The fourth-order valence-corrected chi connectivity index (χ4v) is 2.76. The largest absolute Gasteiger partial charge is 0.317 e. The highest BCUT2D eigenvalue weighted by molar-refractivity contribution is 7.14. The molecule has 1 heterocycles. The number of nitro groups is 1. The minimum Gasteiger partial charge on any atom is -0.317 e. The van der Waals surface area contributed by atoms with Crippen LogP contribution in [0.4, 0.5) is 10.1 Å². The second-order valence-corrected chi connectivity index (χ2v) is 5.44. The van der Waals surface area contributed by atoms with E-state index in [1.54, 1.807) is 0 Å². The van der Waals surface area contributed by atoms with Gasteiger partial charge in [0.05, 0.1) is 16.6 Å². The van der Waals surface area contributed by atoms with E-state index in [4.69, 9.17) is 0 Å². The highest BCUT2D eigenvalue weighted by Crippen LogP contribution is 2.32. The summed E-state index contributed by atoms with van der Waals surface area (Å²) in [6, 6.07) is 3.46. The maximum Gasteiger partial charge on any atom is 0.282 e. The van der Waals surface area contributed by atoms with Crippen LogP contribution in [0, 0.1) is 15.9 Å². The molecule has 0 aliphatic rings. The van der Waals surface area contributed by atoms with E-state index in [0.29, 0.717) is 10.6 Å². The van der Waals surface area contributed by atoms with Gasteiger partial charge in [-0.05, 0) is 31.6 Å². The van der Waals surface area contributed by atoms with E-state index in [-0.39, 0.29) is 5.69 Å². The van der Waals surface area contributed by atoms with Crippen molar-refractivity contribution in [1.29, 1.82) is 0 Å². The Morgan fingerprint density at radius 2 is 2.24 bits per heavy atom. The highest BCUT2D eigenvalue weighted by Gasteiger charge is 2.19. The number of hydrogen-bond donors (Lipinski definition) is 1. The molecule has 0 bridgehead atoms. The van der Waals surface area contributed by atoms with Crippen molar-refractivity contribution < 1.29 is 9.31 Å². The molecule has 0 aliphatic heterocycles. The van der Waals surface area contributed by atoms with Crippen LogP contribution in [-0.4, -0.2) is 28.2 Å². The first kappa shape index (κ1) is 15.5. The molecule has 0 atom stereocenters. The molecule has 0 amide bonds. The average molecular weight is 310 g/mol. The summed E-state index contributed by atoms with van der Waals surface area (Å²) in [6.45, 7) is 3.85. The monoisotopic (exact) mass is 310 g/mol. The van der Waals surface area contributed by atoms with E-state index in [1.165, 1.54) is 23.5 Å². The summed E-state index contributed by atoms with van der Waals surface area (Å²) in [5.74, 6) is -0.638. The lowest BCUT2D eigenvalue weighted by Gasteiger charge is -1.99. The van der Waals surface area contributed by atoms with Gasteiger partial charge in [0.2, 0.25) is 0 Å². The molecule has 2 aromatic rings. The lowest BCUT2D eigenvalue weighted by molar-refractivity contribution is -0.384. The molecule has 8 heteroatoms. The lowest BCUT2D eigenvalue weighted by Crippen LogP contribution is -2.14. The van der Waals surface area contributed by atoms with Gasteiger partial charge < -0.3 is 5.32 Å². The van der Waals surface area contributed by atoms with E-state index in [9.17, 15) is 14.5 Å². The molecule has 0 radical (unpaired) electrons. The Balaban J connectivity index is 2.16. The molecular weight excluding hydrogens is 295 g/mol. The predicted molar refractivity (Wildman–Crippen MR) is 78.8 cm³/mol. The van der Waals surface area contributed by atoms with Gasteiger partial charge in [-0.2, -0.15) is 0 Å². The molecule has 1 aromatic carbocycles. The predicted octanol–water partition coefficient (Wildman–Crippen LogP) is 2.79. The van der Waals surface area contributed by atoms with Gasteiger partial charge in [0, 0.05) is 6.42 Å². The van der Waals surface area contributed by atoms with Gasteiger partial charge >= 0.3 is 0 Å². The third-order valence-electron chi connectivity index (χ3n) is 2.85. The Labute approximate surface area is 125 Å². The van der Waals surface area contributed by atoms with E-state index in [1.807, 2.05) is 6.92 Å². The molecule has 0 fully saturated rings. The van der Waals surface area contributed by atoms with Gasteiger partial charge in [-0.3, -0.25) is 10.1 Å². The van der Waals surface area contributed by atoms with Crippen LogP contribution < -0.4 is 5.32 Å². The third-order valence-corrected chi connectivity index (χ3v) is 3.86. The summed E-state index contributed by atoms with van der Waals surface area (Å²) in [5, 5.41) is 23.5. The van der Waals surface area contributed by atoms with E-state index in [0.717, 1.165) is 37.0 Å². The highest BCUT2D eigenvalue weighted by atomic mass is 32.1. The standard InChI is InChI=1S/C13H15FN4O2S/c1-2-15-7-3-4-12-16-17-13(21-12)10-6-5-9(14)8-11(10)18(19)20/h5-6,8,15H,2-4,7H2,1H3. The molecule has 21 heavy (non-hydrogen) atoms. The Morgan fingerprint density at radius 3 is 2.95 bits per heavy atom. The Morgan fingerprint density at radius 1 is 1.43 bits per heavy atom. The van der Waals surface area contributed by atoms with Gasteiger partial charge in [-0.1, -0.05) is 18.3 Å². The van der Waals surface area contributed by atoms with Crippen molar-refractivity contribution in [3.8, 4) is 10.6 Å². The molecule has 0 unspecified atom stereocenters. The maximum absolute atomic E-state index is 13.1. The summed E-state index contributed by atoms with van der Waals surface area (Å²) in [4.78, 5) is 10.4. The fourth-order valence-electron chi connectivity index (χ4n) is 1.84. The zero-order chi connectivity index (χ0) is 15.2. The third kappa shape index (κ3) is 4.02. The molecule has 6 nitrogen and oxygen atoms in total. The maximum atomic E-state index is 13.1. The number of hydrogen-bond acceptors (Lipinski definition) is 6. The van der Waals surface area contributed by atoms with Crippen molar-refractivity contribution in [2.45, 2.75) is 19.8 Å². The second-order valence-electron chi connectivity index (χ2n) is 4.38. The topological polar surface area (TPSA) is 81.0 Å². The van der Waals surface area contributed by atoms with Crippen LogP contribution >= 0.6 is 11.3 Å².